The summed E-state index contributed by atoms with van der Waals surface area (Å²) in [4.78, 5) is 0. The average Bonchev–Trinajstić information content (AvgIpc) is 2.05. The van der Waals surface area contributed by atoms with Crippen LogP contribution < -0.4 is 0 Å². The second kappa shape index (κ2) is 3.75. The molecule has 1 unspecified atom stereocenters. The van der Waals surface area contributed by atoms with E-state index in [4.69, 9.17) is 4.74 Å². The van der Waals surface area contributed by atoms with Gasteiger partial charge in [-0.2, -0.15) is 0 Å². The fourth-order valence-electron chi connectivity index (χ4n) is 2.10. The first-order valence-electron chi connectivity index (χ1n) is 4.89. The fraction of sp³-hybridized carbons (Fsp3) is 0.800. The predicted molar refractivity (Wildman–Crippen MR) is 56.2 cm³/mol. The summed E-state index contributed by atoms with van der Waals surface area (Å²) < 4.78 is 5.95. The maximum Gasteiger partial charge on any atom is 0.0748 e. The molecule has 1 atom stereocenters. The van der Waals surface area contributed by atoms with Crippen molar-refractivity contribution in [3.63, 3.8) is 0 Å². The summed E-state index contributed by atoms with van der Waals surface area (Å²) in [5.74, 6) is 0. The molecule has 12 heavy (non-hydrogen) atoms. The van der Waals surface area contributed by atoms with E-state index in [2.05, 4.69) is 26.6 Å². The Bertz CT molecular complexity index is 169. The van der Waals surface area contributed by atoms with Gasteiger partial charge in [0.25, 0.3) is 0 Å². The molecule has 0 aliphatic carbocycles. The Morgan fingerprint density at radius 2 is 2.08 bits per heavy atom. The van der Waals surface area contributed by atoms with E-state index in [1.54, 1.807) is 0 Å². The molecule has 0 N–H and O–H groups in total. The van der Waals surface area contributed by atoms with Gasteiger partial charge in [0.2, 0.25) is 0 Å². The highest BCUT2D eigenvalue weighted by molar-refractivity contribution is 6.60. The SMILES string of the molecule is C=C(C)C1([SiH](C)C)CCCCO1. The number of ether oxygens (including phenoxy) is 1. The van der Waals surface area contributed by atoms with Crippen molar-refractivity contribution in [2.24, 2.45) is 0 Å². The highest BCUT2D eigenvalue weighted by atomic mass is 28.3. The van der Waals surface area contributed by atoms with Gasteiger partial charge in [-0.25, -0.2) is 0 Å². The largest absolute Gasteiger partial charge is 0.375 e. The zero-order chi connectivity index (χ0) is 9.19. The molecular weight excluding hydrogens is 164 g/mol. The Morgan fingerprint density at radius 1 is 1.42 bits per heavy atom. The van der Waals surface area contributed by atoms with Crippen LogP contribution in [-0.4, -0.2) is 20.6 Å². The van der Waals surface area contributed by atoms with E-state index in [9.17, 15) is 0 Å². The van der Waals surface area contributed by atoms with Crippen LogP contribution in [0.25, 0.3) is 0 Å². The lowest BCUT2D eigenvalue weighted by Crippen LogP contribution is -2.48. The summed E-state index contributed by atoms with van der Waals surface area (Å²) in [6.07, 6.45) is 3.76. The molecule has 1 fully saturated rings. The van der Waals surface area contributed by atoms with Crippen molar-refractivity contribution in [3.05, 3.63) is 12.2 Å². The van der Waals surface area contributed by atoms with Crippen molar-refractivity contribution in [1.82, 2.24) is 0 Å². The van der Waals surface area contributed by atoms with Crippen LogP contribution in [0.15, 0.2) is 12.2 Å². The molecule has 1 aliphatic heterocycles. The lowest BCUT2D eigenvalue weighted by Gasteiger charge is -2.41. The second-order valence-corrected chi connectivity index (χ2v) is 7.37. The molecule has 0 saturated carbocycles. The summed E-state index contributed by atoms with van der Waals surface area (Å²) in [6.45, 7) is 11.9. The van der Waals surface area contributed by atoms with Crippen molar-refractivity contribution in [2.75, 3.05) is 6.61 Å². The summed E-state index contributed by atoms with van der Waals surface area (Å²) >= 11 is 0. The number of hydrogen-bond acceptors (Lipinski definition) is 1. The van der Waals surface area contributed by atoms with Gasteiger partial charge in [-0.05, 0) is 26.2 Å². The lowest BCUT2D eigenvalue weighted by atomic mass is 10.0. The zero-order valence-corrected chi connectivity index (χ0v) is 9.68. The van der Waals surface area contributed by atoms with Crippen molar-refractivity contribution < 1.29 is 4.74 Å². The summed E-state index contributed by atoms with van der Waals surface area (Å²) in [7, 11) is -0.767. The molecule has 0 amide bonds. The van der Waals surface area contributed by atoms with Gasteiger partial charge in [0, 0.05) is 6.61 Å². The smallest absolute Gasteiger partial charge is 0.0748 e. The van der Waals surface area contributed by atoms with Gasteiger partial charge < -0.3 is 4.74 Å². The van der Waals surface area contributed by atoms with Crippen molar-refractivity contribution in [1.29, 1.82) is 0 Å². The fourth-order valence-corrected chi connectivity index (χ4v) is 4.32. The quantitative estimate of drug-likeness (QED) is 0.473. The third kappa shape index (κ3) is 1.64. The van der Waals surface area contributed by atoms with Crippen LogP contribution in [-0.2, 0) is 4.74 Å². The van der Waals surface area contributed by atoms with Gasteiger partial charge in [0.05, 0.1) is 14.0 Å². The highest BCUT2D eigenvalue weighted by Gasteiger charge is 2.37. The first-order chi connectivity index (χ1) is 5.59. The van der Waals surface area contributed by atoms with Crippen LogP contribution in [0, 0.1) is 0 Å². The minimum absolute atomic E-state index is 0.123. The summed E-state index contributed by atoms with van der Waals surface area (Å²) in [6, 6.07) is 0. The zero-order valence-electron chi connectivity index (χ0n) is 8.52. The predicted octanol–water partition coefficient (Wildman–Crippen LogP) is 2.53. The molecule has 1 saturated heterocycles. The van der Waals surface area contributed by atoms with Crippen molar-refractivity contribution in [3.8, 4) is 0 Å². The molecule has 0 radical (unpaired) electrons. The van der Waals surface area contributed by atoms with Gasteiger partial charge in [0.15, 0.2) is 0 Å². The third-order valence-electron chi connectivity index (χ3n) is 2.96. The molecule has 0 aromatic heterocycles. The van der Waals surface area contributed by atoms with Gasteiger partial charge in [0.1, 0.15) is 0 Å². The van der Waals surface area contributed by atoms with Crippen LogP contribution in [0.3, 0.4) is 0 Å². The van der Waals surface area contributed by atoms with E-state index in [1.807, 2.05) is 0 Å². The second-order valence-electron chi connectivity index (χ2n) is 4.13. The molecule has 0 spiro atoms. The Labute approximate surface area is 77.4 Å². The van der Waals surface area contributed by atoms with E-state index in [1.165, 1.54) is 24.8 Å². The van der Waals surface area contributed by atoms with Crippen molar-refractivity contribution >= 4 is 8.80 Å². The molecule has 0 aromatic rings. The van der Waals surface area contributed by atoms with Gasteiger partial charge in [-0.1, -0.05) is 25.2 Å². The normalized spacial score (nSPS) is 30.7. The topological polar surface area (TPSA) is 9.23 Å². The van der Waals surface area contributed by atoms with Crippen LogP contribution in [0.2, 0.25) is 13.1 Å². The number of hydrogen-bond donors (Lipinski definition) is 0. The Morgan fingerprint density at radius 3 is 2.33 bits per heavy atom. The van der Waals surface area contributed by atoms with Crippen molar-refractivity contribution in [2.45, 2.75) is 44.5 Å². The molecule has 0 aromatic carbocycles. The Hall–Kier alpha value is -0.0831. The Kier molecular flexibility index (Phi) is 3.13. The maximum absolute atomic E-state index is 5.95. The molecule has 1 heterocycles. The molecule has 2 heteroatoms. The minimum Gasteiger partial charge on any atom is -0.375 e. The van der Waals surface area contributed by atoms with E-state index in [0.29, 0.717) is 0 Å². The minimum atomic E-state index is -0.767. The molecule has 1 rings (SSSR count). The molecule has 1 nitrogen and oxygen atoms in total. The summed E-state index contributed by atoms with van der Waals surface area (Å²) in [5, 5.41) is 0.123. The van der Waals surface area contributed by atoms with Crippen LogP contribution in [0.1, 0.15) is 26.2 Å². The van der Waals surface area contributed by atoms with Gasteiger partial charge >= 0.3 is 0 Å². The molecular formula is C10H20OSi. The van der Waals surface area contributed by atoms with Crippen LogP contribution >= 0.6 is 0 Å². The molecule has 1 aliphatic rings. The van der Waals surface area contributed by atoms with E-state index < -0.39 is 8.80 Å². The standard InChI is InChI=1S/C10H20OSi/c1-9(2)10(12(3)4)7-5-6-8-11-10/h12H,1,5-8H2,2-4H3. The van der Waals surface area contributed by atoms with E-state index in [0.717, 1.165) is 6.61 Å². The average molecular weight is 184 g/mol. The Balaban J connectivity index is 2.77. The molecule has 0 bridgehead atoms. The van der Waals surface area contributed by atoms with E-state index >= 15 is 0 Å². The highest BCUT2D eigenvalue weighted by Crippen LogP contribution is 2.33. The van der Waals surface area contributed by atoms with E-state index in [-0.39, 0.29) is 5.22 Å². The third-order valence-corrected chi connectivity index (χ3v) is 5.77. The van der Waals surface area contributed by atoms with Gasteiger partial charge in [-0.15, -0.1) is 0 Å². The van der Waals surface area contributed by atoms with Gasteiger partial charge in [-0.3, -0.25) is 0 Å². The molecule has 70 valence electrons. The van der Waals surface area contributed by atoms with Crippen LogP contribution in [0.4, 0.5) is 0 Å². The maximum atomic E-state index is 5.95. The first-order valence-corrected chi connectivity index (χ1v) is 7.78. The lowest BCUT2D eigenvalue weighted by molar-refractivity contribution is 0.00287. The summed E-state index contributed by atoms with van der Waals surface area (Å²) in [5.41, 5.74) is 1.25. The first kappa shape index (κ1) is 10.0. The van der Waals surface area contributed by atoms with Crippen LogP contribution in [0.5, 0.6) is 0 Å². The number of rotatable bonds is 2. The monoisotopic (exact) mass is 184 g/mol.